The number of benzene rings is 1. The first-order chi connectivity index (χ1) is 7.39. The molecule has 1 aliphatic rings. The summed E-state index contributed by atoms with van der Waals surface area (Å²) in [5.74, 6) is 0.409. The molecule has 1 aromatic rings. The van der Waals surface area contributed by atoms with Crippen molar-refractivity contribution < 1.29 is 9.47 Å². The number of nitrogen functional groups attached to an aromatic ring is 1. The van der Waals surface area contributed by atoms with Crippen LogP contribution in [0, 0.1) is 20.8 Å². The van der Waals surface area contributed by atoms with Gasteiger partial charge in [-0.25, -0.2) is 0 Å². The zero-order valence-corrected chi connectivity index (χ0v) is 10.6. The molecule has 1 unspecified atom stereocenters. The highest BCUT2D eigenvalue weighted by molar-refractivity contribution is 5.66. The first-order valence-electron chi connectivity index (χ1n) is 5.52. The van der Waals surface area contributed by atoms with Gasteiger partial charge in [-0.3, -0.25) is 0 Å². The van der Waals surface area contributed by atoms with E-state index >= 15 is 0 Å². The molecular weight excluding hydrogens is 202 g/mol. The summed E-state index contributed by atoms with van der Waals surface area (Å²) in [7, 11) is 1.67. The van der Waals surface area contributed by atoms with Crippen LogP contribution in [-0.4, -0.2) is 12.9 Å². The summed E-state index contributed by atoms with van der Waals surface area (Å²) in [6, 6.07) is 0. The van der Waals surface area contributed by atoms with Crippen molar-refractivity contribution in [2.24, 2.45) is 0 Å². The summed E-state index contributed by atoms with van der Waals surface area (Å²) in [5.41, 5.74) is 11.5. The molecule has 1 heterocycles. The molecule has 3 heteroatoms. The summed E-state index contributed by atoms with van der Waals surface area (Å²) < 4.78 is 11.3. The van der Waals surface area contributed by atoms with E-state index in [0.29, 0.717) is 0 Å². The maximum Gasteiger partial charge on any atom is 0.211 e. The van der Waals surface area contributed by atoms with Crippen LogP contribution in [0.5, 0.6) is 5.75 Å². The third-order valence-electron chi connectivity index (χ3n) is 3.69. The van der Waals surface area contributed by atoms with Crippen molar-refractivity contribution in [2.45, 2.75) is 39.9 Å². The van der Waals surface area contributed by atoms with Gasteiger partial charge in [0.15, 0.2) is 0 Å². The molecule has 0 amide bonds. The van der Waals surface area contributed by atoms with Gasteiger partial charge in [0.2, 0.25) is 5.79 Å². The van der Waals surface area contributed by atoms with Crippen molar-refractivity contribution in [3.05, 3.63) is 22.3 Å². The van der Waals surface area contributed by atoms with E-state index < -0.39 is 5.79 Å². The summed E-state index contributed by atoms with van der Waals surface area (Å²) >= 11 is 0. The fraction of sp³-hybridized carbons (Fsp3) is 0.538. The van der Waals surface area contributed by atoms with Gasteiger partial charge < -0.3 is 15.2 Å². The predicted molar refractivity (Wildman–Crippen MR) is 64.8 cm³/mol. The highest BCUT2D eigenvalue weighted by Crippen LogP contribution is 2.43. The van der Waals surface area contributed by atoms with Crippen LogP contribution in [0.2, 0.25) is 0 Å². The normalized spacial score (nSPS) is 23.1. The zero-order valence-electron chi connectivity index (χ0n) is 10.6. The van der Waals surface area contributed by atoms with E-state index in [2.05, 4.69) is 0 Å². The number of fused-ring (bicyclic) bond motifs is 1. The Morgan fingerprint density at radius 3 is 2.38 bits per heavy atom. The van der Waals surface area contributed by atoms with Crippen molar-refractivity contribution in [1.82, 2.24) is 0 Å². The van der Waals surface area contributed by atoms with E-state index in [1.807, 2.05) is 27.7 Å². The van der Waals surface area contributed by atoms with Crippen LogP contribution in [0.15, 0.2) is 0 Å². The van der Waals surface area contributed by atoms with Gasteiger partial charge in [0, 0.05) is 31.7 Å². The average molecular weight is 221 g/mol. The number of ether oxygens (including phenoxy) is 2. The fourth-order valence-electron chi connectivity index (χ4n) is 2.25. The summed E-state index contributed by atoms with van der Waals surface area (Å²) in [4.78, 5) is 0. The average Bonchev–Trinajstić information content (AvgIpc) is 2.63. The van der Waals surface area contributed by atoms with Gasteiger partial charge in [0.25, 0.3) is 0 Å². The molecule has 0 spiro atoms. The van der Waals surface area contributed by atoms with Gasteiger partial charge in [-0.05, 0) is 37.5 Å². The first kappa shape index (κ1) is 11.3. The molecule has 1 aromatic carbocycles. The van der Waals surface area contributed by atoms with Crippen LogP contribution in [0.3, 0.4) is 0 Å². The first-order valence-corrected chi connectivity index (χ1v) is 5.52. The number of hydrogen-bond acceptors (Lipinski definition) is 3. The Hall–Kier alpha value is -1.22. The van der Waals surface area contributed by atoms with E-state index in [0.717, 1.165) is 34.5 Å². The predicted octanol–water partition coefficient (Wildman–Crippen LogP) is 2.49. The third-order valence-corrected chi connectivity index (χ3v) is 3.69. The molecule has 1 atom stereocenters. The Morgan fingerprint density at radius 1 is 1.19 bits per heavy atom. The molecular formula is C13H19NO2. The monoisotopic (exact) mass is 221 g/mol. The minimum absolute atomic E-state index is 0.544. The molecule has 0 radical (unpaired) electrons. The number of rotatable bonds is 1. The fourth-order valence-corrected chi connectivity index (χ4v) is 2.25. The Kier molecular flexibility index (Phi) is 2.39. The molecule has 16 heavy (non-hydrogen) atoms. The Bertz CT molecular complexity index is 415. The second-order valence-electron chi connectivity index (χ2n) is 4.71. The zero-order chi connectivity index (χ0) is 12.1. The molecule has 0 bridgehead atoms. The Balaban J connectivity index is 2.62. The van der Waals surface area contributed by atoms with E-state index in [1.54, 1.807) is 7.11 Å². The van der Waals surface area contributed by atoms with Crippen LogP contribution in [0.1, 0.15) is 29.2 Å². The van der Waals surface area contributed by atoms with Gasteiger partial charge in [0.1, 0.15) is 5.75 Å². The van der Waals surface area contributed by atoms with Crippen molar-refractivity contribution in [1.29, 1.82) is 0 Å². The molecule has 0 aliphatic carbocycles. The van der Waals surface area contributed by atoms with Gasteiger partial charge >= 0.3 is 0 Å². The number of hydrogen-bond donors (Lipinski definition) is 1. The van der Waals surface area contributed by atoms with Crippen LogP contribution in [0.4, 0.5) is 5.69 Å². The topological polar surface area (TPSA) is 44.5 Å². The molecule has 1 aliphatic heterocycles. The third kappa shape index (κ3) is 1.39. The smallest absolute Gasteiger partial charge is 0.211 e. The molecule has 2 N–H and O–H groups in total. The van der Waals surface area contributed by atoms with Gasteiger partial charge in [-0.1, -0.05) is 0 Å². The van der Waals surface area contributed by atoms with Gasteiger partial charge in [-0.2, -0.15) is 0 Å². The second-order valence-corrected chi connectivity index (χ2v) is 4.71. The molecule has 2 rings (SSSR count). The van der Waals surface area contributed by atoms with Crippen LogP contribution < -0.4 is 10.5 Å². The van der Waals surface area contributed by atoms with Crippen molar-refractivity contribution in [3.8, 4) is 5.75 Å². The lowest BCUT2D eigenvalue weighted by Crippen LogP contribution is -2.32. The largest absolute Gasteiger partial charge is 0.462 e. The number of nitrogens with two attached hydrogens (primary N) is 1. The molecule has 0 saturated carbocycles. The van der Waals surface area contributed by atoms with Crippen LogP contribution >= 0.6 is 0 Å². The Labute approximate surface area is 96.5 Å². The van der Waals surface area contributed by atoms with E-state index in [9.17, 15) is 0 Å². The van der Waals surface area contributed by atoms with Crippen molar-refractivity contribution >= 4 is 5.69 Å². The standard InChI is InChI=1S/C13H19NO2/c1-7-8(2)12-10(9(3)11(7)14)6-13(4,15-5)16-12/h6,14H2,1-5H3. The maximum absolute atomic E-state index is 6.09. The van der Waals surface area contributed by atoms with Crippen LogP contribution in [0.25, 0.3) is 0 Å². The van der Waals surface area contributed by atoms with Crippen molar-refractivity contribution in [3.63, 3.8) is 0 Å². The van der Waals surface area contributed by atoms with Crippen LogP contribution in [-0.2, 0) is 11.2 Å². The lowest BCUT2D eigenvalue weighted by Gasteiger charge is -2.22. The van der Waals surface area contributed by atoms with E-state index in [1.165, 1.54) is 5.56 Å². The second kappa shape index (κ2) is 3.39. The van der Waals surface area contributed by atoms with Gasteiger partial charge in [0.05, 0.1) is 0 Å². The van der Waals surface area contributed by atoms with E-state index in [-0.39, 0.29) is 0 Å². The molecule has 3 nitrogen and oxygen atoms in total. The number of methoxy groups -OCH3 is 1. The summed E-state index contributed by atoms with van der Waals surface area (Å²) in [6.07, 6.45) is 0.760. The van der Waals surface area contributed by atoms with Crippen molar-refractivity contribution in [2.75, 3.05) is 12.8 Å². The quantitative estimate of drug-likeness (QED) is 0.741. The summed E-state index contributed by atoms with van der Waals surface area (Å²) in [5, 5.41) is 0. The minimum atomic E-state index is -0.544. The Morgan fingerprint density at radius 2 is 1.81 bits per heavy atom. The lowest BCUT2D eigenvalue weighted by molar-refractivity contribution is -0.134. The maximum atomic E-state index is 6.09. The molecule has 0 aromatic heterocycles. The number of anilines is 1. The molecule has 88 valence electrons. The highest BCUT2D eigenvalue weighted by atomic mass is 16.7. The minimum Gasteiger partial charge on any atom is -0.462 e. The SMILES string of the molecule is COC1(C)Cc2c(C)c(N)c(C)c(C)c2O1. The molecule has 0 saturated heterocycles. The highest BCUT2D eigenvalue weighted by Gasteiger charge is 2.37. The molecule has 0 fully saturated rings. The van der Waals surface area contributed by atoms with Gasteiger partial charge in [-0.15, -0.1) is 0 Å². The lowest BCUT2D eigenvalue weighted by atomic mass is 9.95. The van der Waals surface area contributed by atoms with E-state index in [4.69, 9.17) is 15.2 Å². The summed E-state index contributed by atoms with van der Waals surface area (Å²) in [6.45, 7) is 8.08.